The summed E-state index contributed by atoms with van der Waals surface area (Å²) in [7, 11) is 0. The van der Waals surface area contributed by atoms with Gasteiger partial charge in [0.15, 0.2) is 11.5 Å². The molecule has 3 aromatic rings. The van der Waals surface area contributed by atoms with Crippen LogP contribution in [0.4, 0.5) is 9.39 Å². The molecule has 0 saturated carbocycles. The molecule has 176 valence electrons. The van der Waals surface area contributed by atoms with Gasteiger partial charge in [0, 0.05) is 4.88 Å². The molecule has 0 spiro atoms. The number of benzene rings is 2. The largest absolute Gasteiger partial charge is 0.490 e. The summed E-state index contributed by atoms with van der Waals surface area (Å²) in [4.78, 5) is 26.8. The highest BCUT2D eigenvalue weighted by molar-refractivity contribution is 7.16. The van der Waals surface area contributed by atoms with Crippen molar-refractivity contribution in [2.75, 3.05) is 11.9 Å². The van der Waals surface area contributed by atoms with Crippen molar-refractivity contribution in [3.8, 4) is 11.5 Å². The van der Waals surface area contributed by atoms with E-state index in [9.17, 15) is 14.0 Å². The summed E-state index contributed by atoms with van der Waals surface area (Å²) in [5.41, 5.74) is 2.97. The molecule has 1 amide bonds. The van der Waals surface area contributed by atoms with Crippen LogP contribution in [-0.2, 0) is 12.8 Å². The van der Waals surface area contributed by atoms with Crippen LogP contribution in [0.5, 0.6) is 11.5 Å². The lowest BCUT2D eigenvalue weighted by Gasteiger charge is -2.27. The minimum absolute atomic E-state index is 0.0735. The summed E-state index contributed by atoms with van der Waals surface area (Å²) < 4.78 is 24.4. The number of thiophene rings is 1. The fraction of sp³-hybridized carbons (Fsp3) is 0.308. The Morgan fingerprint density at radius 1 is 1.15 bits per heavy atom. The Balaban J connectivity index is 1.39. The minimum Gasteiger partial charge on any atom is -0.490 e. The van der Waals surface area contributed by atoms with Crippen molar-refractivity contribution in [2.24, 2.45) is 5.92 Å². The van der Waals surface area contributed by atoms with Gasteiger partial charge in [-0.1, -0.05) is 13.0 Å². The summed E-state index contributed by atoms with van der Waals surface area (Å²) in [6.07, 6.45) is 2.61. The van der Waals surface area contributed by atoms with E-state index in [4.69, 9.17) is 9.47 Å². The van der Waals surface area contributed by atoms with Crippen LogP contribution in [0.15, 0.2) is 42.5 Å². The minimum atomic E-state index is -0.610. The molecule has 1 aliphatic heterocycles. The number of fused-ring (bicyclic) bond motifs is 3. The van der Waals surface area contributed by atoms with Gasteiger partial charge < -0.3 is 20.1 Å². The van der Waals surface area contributed by atoms with Crippen molar-refractivity contribution in [2.45, 2.75) is 39.3 Å². The zero-order chi connectivity index (χ0) is 23.8. The molecule has 8 heteroatoms. The van der Waals surface area contributed by atoms with Crippen LogP contribution in [0.25, 0.3) is 0 Å². The number of nitrogens with one attached hydrogen (secondary N) is 2. The standard InChI is InChI=1S/C26H25FN2O4S/c1-3-32-20-13-16(7-11-19(20)33-26(31)15-5-8-17(27)9-6-15)23-28-24(30)22-18-10-4-14(2)12-21(18)34-25(22)29-23/h5-9,11,13-14,23,29H,3-4,10,12H2,1-2H3,(H,28,30)/t14-,23+/m0/s1. The van der Waals surface area contributed by atoms with Crippen LogP contribution >= 0.6 is 11.3 Å². The summed E-state index contributed by atoms with van der Waals surface area (Å²) in [6.45, 7) is 4.45. The number of hydrogen-bond acceptors (Lipinski definition) is 6. The molecule has 0 unspecified atom stereocenters. The Morgan fingerprint density at radius 2 is 1.94 bits per heavy atom. The molecule has 2 heterocycles. The Kier molecular flexibility index (Phi) is 6.00. The molecule has 0 saturated heterocycles. The van der Waals surface area contributed by atoms with E-state index < -0.39 is 18.0 Å². The normalized spacial score (nSPS) is 18.9. The van der Waals surface area contributed by atoms with E-state index in [-0.39, 0.29) is 17.2 Å². The number of hydrogen-bond donors (Lipinski definition) is 2. The first kappa shape index (κ1) is 22.4. The van der Waals surface area contributed by atoms with E-state index >= 15 is 0 Å². The smallest absolute Gasteiger partial charge is 0.343 e. The van der Waals surface area contributed by atoms with Crippen molar-refractivity contribution in [1.29, 1.82) is 0 Å². The second-order valence-electron chi connectivity index (χ2n) is 8.64. The third kappa shape index (κ3) is 4.25. The number of carbonyl (C=O) groups excluding carboxylic acids is 2. The number of esters is 1. The average molecular weight is 481 g/mol. The third-order valence-corrected chi connectivity index (χ3v) is 7.36. The predicted molar refractivity (Wildman–Crippen MR) is 128 cm³/mol. The highest BCUT2D eigenvalue weighted by atomic mass is 32.1. The molecule has 0 fully saturated rings. The molecule has 2 aliphatic rings. The Bertz CT molecular complexity index is 1250. The number of amides is 1. The molecule has 0 radical (unpaired) electrons. The lowest BCUT2D eigenvalue weighted by Crippen LogP contribution is -2.38. The zero-order valence-corrected chi connectivity index (χ0v) is 19.8. The lowest BCUT2D eigenvalue weighted by atomic mass is 9.88. The molecule has 1 aromatic heterocycles. The summed E-state index contributed by atoms with van der Waals surface area (Å²) in [5, 5.41) is 7.42. The molecule has 6 nitrogen and oxygen atoms in total. The number of rotatable bonds is 5. The van der Waals surface area contributed by atoms with Gasteiger partial charge in [-0.3, -0.25) is 4.79 Å². The first-order chi connectivity index (χ1) is 16.4. The van der Waals surface area contributed by atoms with Crippen molar-refractivity contribution < 1.29 is 23.5 Å². The van der Waals surface area contributed by atoms with E-state index in [0.29, 0.717) is 18.3 Å². The van der Waals surface area contributed by atoms with Gasteiger partial charge in [-0.25, -0.2) is 9.18 Å². The molecular formula is C26H25FN2O4S. The lowest BCUT2D eigenvalue weighted by molar-refractivity contribution is 0.0728. The monoisotopic (exact) mass is 480 g/mol. The van der Waals surface area contributed by atoms with Gasteiger partial charge in [-0.15, -0.1) is 11.3 Å². The zero-order valence-electron chi connectivity index (χ0n) is 18.9. The summed E-state index contributed by atoms with van der Waals surface area (Å²) >= 11 is 1.67. The summed E-state index contributed by atoms with van der Waals surface area (Å²) in [5.74, 6) is 0.156. The van der Waals surface area contributed by atoms with Crippen LogP contribution in [0.2, 0.25) is 0 Å². The van der Waals surface area contributed by atoms with Crippen LogP contribution in [0.1, 0.15) is 63.2 Å². The number of anilines is 1. The maximum atomic E-state index is 13.2. The number of halogens is 1. The van der Waals surface area contributed by atoms with Gasteiger partial charge in [0.2, 0.25) is 0 Å². The average Bonchev–Trinajstić information content (AvgIpc) is 3.18. The van der Waals surface area contributed by atoms with E-state index in [1.54, 1.807) is 29.5 Å². The highest BCUT2D eigenvalue weighted by Gasteiger charge is 2.33. The first-order valence-corrected chi connectivity index (χ1v) is 12.2. The van der Waals surface area contributed by atoms with E-state index in [2.05, 4.69) is 17.6 Å². The van der Waals surface area contributed by atoms with Crippen LogP contribution in [0.3, 0.4) is 0 Å². The molecule has 2 N–H and O–H groups in total. The Labute approximate surface area is 201 Å². The van der Waals surface area contributed by atoms with Gasteiger partial charge in [0.05, 0.1) is 17.7 Å². The Morgan fingerprint density at radius 3 is 2.71 bits per heavy atom. The van der Waals surface area contributed by atoms with Crippen LogP contribution in [-0.4, -0.2) is 18.5 Å². The second kappa shape index (κ2) is 9.10. The predicted octanol–water partition coefficient (Wildman–Crippen LogP) is 5.48. The quantitative estimate of drug-likeness (QED) is 0.373. The van der Waals surface area contributed by atoms with Crippen molar-refractivity contribution in [3.63, 3.8) is 0 Å². The van der Waals surface area contributed by atoms with Crippen molar-refractivity contribution >= 4 is 28.2 Å². The maximum absolute atomic E-state index is 13.2. The van der Waals surface area contributed by atoms with Crippen LogP contribution < -0.4 is 20.1 Å². The summed E-state index contributed by atoms with van der Waals surface area (Å²) in [6, 6.07) is 10.3. The molecule has 2 atom stereocenters. The topological polar surface area (TPSA) is 76.7 Å². The Hall–Kier alpha value is -3.39. The van der Waals surface area contributed by atoms with Crippen LogP contribution in [0, 0.1) is 11.7 Å². The van der Waals surface area contributed by atoms with Crippen molar-refractivity contribution in [1.82, 2.24) is 5.32 Å². The third-order valence-electron chi connectivity index (χ3n) is 6.17. The van der Waals surface area contributed by atoms with Gasteiger partial charge in [0.25, 0.3) is 5.91 Å². The van der Waals surface area contributed by atoms with Crippen molar-refractivity contribution in [3.05, 3.63) is 75.4 Å². The molecule has 2 aromatic carbocycles. The van der Waals surface area contributed by atoms with E-state index in [0.717, 1.165) is 35.4 Å². The molecule has 34 heavy (non-hydrogen) atoms. The van der Waals surface area contributed by atoms with E-state index in [1.807, 2.05) is 6.92 Å². The fourth-order valence-electron chi connectivity index (χ4n) is 4.43. The van der Waals surface area contributed by atoms with Gasteiger partial charge in [0.1, 0.15) is 17.0 Å². The molecule has 0 bridgehead atoms. The molecule has 5 rings (SSSR count). The number of ether oxygens (including phenoxy) is 2. The van der Waals surface area contributed by atoms with Gasteiger partial charge in [-0.05, 0) is 79.6 Å². The van der Waals surface area contributed by atoms with Gasteiger partial charge >= 0.3 is 5.97 Å². The molecule has 1 aliphatic carbocycles. The SMILES string of the molecule is CCOc1cc([C@@H]2NC(=O)c3c(sc4c3CC[C@H](C)C4)N2)ccc1OC(=O)c1ccc(F)cc1. The fourth-order valence-corrected chi connectivity index (χ4v) is 5.87. The number of carbonyl (C=O) groups is 2. The maximum Gasteiger partial charge on any atom is 0.343 e. The highest BCUT2D eigenvalue weighted by Crippen LogP contribution is 2.43. The second-order valence-corrected chi connectivity index (χ2v) is 9.75. The first-order valence-electron chi connectivity index (χ1n) is 11.4. The van der Waals surface area contributed by atoms with E-state index in [1.165, 1.54) is 34.7 Å². The molecular weight excluding hydrogens is 455 g/mol. The van der Waals surface area contributed by atoms with Gasteiger partial charge in [-0.2, -0.15) is 0 Å².